The van der Waals surface area contributed by atoms with E-state index in [-0.39, 0.29) is 11.9 Å². The van der Waals surface area contributed by atoms with Crippen LogP contribution in [0.15, 0.2) is 73.2 Å². The lowest BCUT2D eigenvalue weighted by Gasteiger charge is -2.17. The van der Waals surface area contributed by atoms with E-state index in [9.17, 15) is 15.2 Å². The van der Waals surface area contributed by atoms with Gasteiger partial charge in [-0.15, -0.1) is 0 Å². The molecule has 0 aliphatic rings. The highest BCUT2D eigenvalue weighted by Crippen LogP contribution is 2.30. The number of aryl methyl sites for hydroxylation is 2. The van der Waals surface area contributed by atoms with Crippen LogP contribution in [-0.2, 0) is 0 Å². The Labute approximate surface area is 204 Å². The summed E-state index contributed by atoms with van der Waals surface area (Å²) >= 11 is 0. The molecule has 7 heteroatoms. The minimum absolute atomic E-state index is 0.319. The minimum atomic E-state index is -1.04. The molecule has 2 aromatic heterocycles. The van der Waals surface area contributed by atoms with Crippen LogP contribution < -0.4 is 5.32 Å². The molecule has 0 aliphatic heterocycles. The summed E-state index contributed by atoms with van der Waals surface area (Å²) in [7, 11) is 0. The molecule has 2 aromatic carbocycles. The van der Waals surface area contributed by atoms with E-state index in [4.69, 9.17) is 0 Å². The van der Waals surface area contributed by atoms with Crippen molar-refractivity contribution in [1.82, 2.24) is 20.3 Å². The van der Waals surface area contributed by atoms with E-state index in [1.807, 2.05) is 26.0 Å². The fourth-order valence-electron chi connectivity index (χ4n) is 3.80. The minimum Gasteiger partial charge on any atom is -0.382 e. The van der Waals surface area contributed by atoms with Gasteiger partial charge < -0.3 is 10.4 Å². The van der Waals surface area contributed by atoms with Crippen molar-refractivity contribution in [3.05, 3.63) is 113 Å². The third kappa shape index (κ3) is 5.40. The van der Waals surface area contributed by atoms with Gasteiger partial charge in [0.15, 0.2) is 0 Å². The van der Waals surface area contributed by atoms with Gasteiger partial charge in [0.25, 0.3) is 5.91 Å². The van der Waals surface area contributed by atoms with E-state index in [0.717, 1.165) is 11.1 Å². The van der Waals surface area contributed by atoms with Crippen LogP contribution in [0.3, 0.4) is 0 Å². The van der Waals surface area contributed by atoms with Crippen molar-refractivity contribution in [3.8, 4) is 17.2 Å². The molecule has 35 heavy (non-hydrogen) atoms. The second-order valence-corrected chi connectivity index (χ2v) is 8.42. The molecule has 0 fully saturated rings. The lowest BCUT2D eigenvalue weighted by Crippen LogP contribution is -2.27. The first kappa shape index (κ1) is 23.7. The van der Waals surface area contributed by atoms with Crippen molar-refractivity contribution < 1.29 is 9.90 Å². The zero-order valence-electron chi connectivity index (χ0n) is 19.7. The summed E-state index contributed by atoms with van der Waals surface area (Å²) in [5.41, 5.74) is 4.89. The number of nitriles is 1. The molecule has 0 bridgehead atoms. The van der Waals surface area contributed by atoms with Crippen molar-refractivity contribution in [1.29, 1.82) is 5.26 Å². The normalized spacial score (nSPS) is 12.4. The van der Waals surface area contributed by atoms with E-state index in [1.165, 1.54) is 0 Å². The largest absolute Gasteiger partial charge is 0.382 e. The van der Waals surface area contributed by atoms with Crippen LogP contribution in [0.5, 0.6) is 0 Å². The van der Waals surface area contributed by atoms with Crippen LogP contribution in [0, 0.1) is 25.2 Å². The smallest absolute Gasteiger partial charge is 0.251 e. The van der Waals surface area contributed by atoms with Crippen molar-refractivity contribution in [2.45, 2.75) is 32.9 Å². The molecule has 1 unspecified atom stereocenters. The number of rotatable bonds is 6. The van der Waals surface area contributed by atoms with E-state index in [0.29, 0.717) is 39.3 Å². The molecule has 0 saturated heterocycles. The number of aliphatic hydroxyl groups excluding tert-OH is 1. The predicted octanol–water partition coefficient (Wildman–Crippen LogP) is 4.60. The van der Waals surface area contributed by atoms with E-state index in [1.54, 1.807) is 68.0 Å². The number of benzene rings is 2. The monoisotopic (exact) mass is 463 g/mol. The number of carbonyl (C=O) groups is 1. The van der Waals surface area contributed by atoms with Gasteiger partial charge in [-0.1, -0.05) is 18.2 Å². The molecule has 1 amide bonds. The van der Waals surface area contributed by atoms with E-state index < -0.39 is 6.10 Å². The standard InChI is InChI=1S/C28H25N5O2/c1-17-7-8-25(23(10-17)14-29)20-11-21(27(34)26-6-4-5-9-30-26)13-22(12-20)28(35)33-18(2)24-15-31-19(3)32-16-24/h4-13,15-16,18,27,34H,1-3H3,(H,33,35)/t18-,27?/m1/s1. The molecule has 2 N–H and O–H groups in total. The molecule has 4 aromatic rings. The highest BCUT2D eigenvalue weighted by atomic mass is 16.3. The Morgan fingerprint density at radius 3 is 2.46 bits per heavy atom. The van der Waals surface area contributed by atoms with Crippen LogP contribution in [0.2, 0.25) is 0 Å². The molecule has 2 heterocycles. The van der Waals surface area contributed by atoms with Gasteiger partial charge >= 0.3 is 0 Å². The molecule has 0 radical (unpaired) electrons. The summed E-state index contributed by atoms with van der Waals surface area (Å²) in [6.45, 7) is 5.57. The number of pyridine rings is 1. The molecule has 7 nitrogen and oxygen atoms in total. The third-order valence-corrected chi connectivity index (χ3v) is 5.76. The maximum absolute atomic E-state index is 13.3. The second kappa shape index (κ2) is 10.2. The molecule has 0 spiro atoms. The van der Waals surface area contributed by atoms with Gasteiger partial charge in [0.05, 0.1) is 23.4 Å². The predicted molar refractivity (Wildman–Crippen MR) is 132 cm³/mol. The van der Waals surface area contributed by atoms with Crippen molar-refractivity contribution in [3.63, 3.8) is 0 Å². The molecule has 0 aliphatic carbocycles. The summed E-state index contributed by atoms with van der Waals surface area (Å²) in [5, 5.41) is 23.7. The fraction of sp³-hybridized carbons (Fsp3) is 0.179. The first-order chi connectivity index (χ1) is 16.9. The Morgan fingerprint density at radius 2 is 1.77 bits per heavy atom. The van der Waals surface area contributed by atoms with Crippen molar-refractivity contribution in [2.75, 3.05) is 0 Å². The molecular weight excluding hydrogens is 438 g/mol. The van der Waals surface area contributed by atoms with Crippen LogP contribution in [0.4, 0.5) is 0 Å². The fourth-order valence-corrected chi connectivity index (χ4v) is 3.80. The van der Waals surface area contributed by atoms with Crippen molar-refractivity contribution in [2.24, 2.45) is 0 Å². The molecule has 174 valence electrons. The van der Waals surface area contributed by atoms with E-state index in [2.05, 4.69) is 26.3 Å². The average Bonchev–Trinajstić information content (AvgIpc) is 2.88. The Morgan fingerprint density at radius 1 is 1.00 bits per heavy atom. The lowest BCUT2D eigenvalue weighted by molar-refractivity contribution is 0.0939. The third-order valence-electron chi connectivity index (χ3n) is 5.76. The molecule has 4 rings (SSSR count). The highest BCUT2D eigenvalue weighted by molar-refractivity contribution is 5.96. The maximum atomic E-state index is 13.3. The molecule has 2 atom stereocenters. The zero-order chi connectivity index (χ0) is 24.9. The summed E-state index contributed by atoms with van der Waals surface area (Å²) in [5.74, 6) is 0.333. The molecule has 0 saturated carbocycles. The zero-order valence-corrected chi connectivity index (χ0v) is 19.7. The number of carbonyl (C=O) groups excluding carboxylic acids is 1. The quantitative estimate of drug-likeness (QED) is 0.432. The van der Waals surface area contributed by atoms with Crippen LogP contribution in [0.25, 0.3) is 11.1 Å². The Hall–Kier alpha value is -4.41. The summed E-state index contributed by atoms with van der Waals surface area (Å²) in [4.78, 5) is 25.9. The first-order valence-corrected chi connectivity index (χ1v) is 11.2. The van der Waals surface area contributed by atoms with Gasteiger partial charge in [-0.2, -0.15) is 5.26 Å². The topological polar surface area (TPSA) is 112 Å². The number of nitrogens with one attached hydrogen (secondary N) is 1. The van der Waals surface area contributed by atoms with E-state index >= 15 is 0 Å². The number of aliphatic hydroxyl groups is 1. The van der Waals surface area contributed by atoms with Crippen LogP contribution in [-0.4, -0.2) is 26.0 Å². The summed E-state index contributed by atoms with van der Waals surface area (Å²) in [6, 6.07) is 17.9. The number of hydrogen-bond donors (Lipinski definition) is 2. The van der Waals surface area contributed by atoms with Gasteiger partial charge in [-0.05, 0) is 79.4 Å². The Balaban J connectivity index is 1.76. The van der Waals surface area contributed by atoms with Gasteiger partial charge in [-0.25, -0.2) is 9.97 Å². The lowest BCUT2D eigenvalue weighted by atomic mass is 9.92. The highest BCUT2D eigenvalue weighted by Gasteiger charge is 2.19. The van der Waals surface area contributed by atoms with Gasteiger partial charge in [0, 0.05) is 29.7 Å². The molecular formula is C28H25N5O2. The van der Waals surface area contributed by atoms with Gasteiger partial charge in [0.1, 0.15) is 11.9 Å². The number of amides is 1. The second-order valence-electron chi connectivity index (χ2n) is 8.42. The maximum Gasteiger partial charge on any atom is 0.251 e. The average molecular weight is 464 g/mol. The van der Waals surface area contributed by atoms with Gasteiger partial charge in [0.2, 0.25) is 0 Å². The number of aromatic nitrogens is 3. The van der Waals surface area contributed by atoms with Crippen LogP contribution >= 0.6 is 0 Å². The Bertz CT molecular complexity index is 1400. The van der Waals surface area contributed by atoms with Crippen LogP contribution in [0.1, 0.15) is 63.2 Å². The van der Waals surface area contributed by atoms with Gasteiger partial charge in [-0.3, -0.25) is 9.78 Å². The number of hydrogen-bond acceptors (Lipinski definition) is 6. The summed E-state index contributed by atoms with van der Waals surface area (Å²) < 4.78 is 0. The summed E-state index contributed by atoms with van der Waals surface area (Å²) in [6.07, 6.45) is 3.94. The SMILES string of the molecule is Cc1ccc(-c2cc(C(=O)N[C@H](C)c3cnc(C)nc3)cc(C(O)c3ccccn3)c2)c(C#N)c1. The Kier molecular flexibility index (Phi) is 6.95. The first-order valence-electron chi connectivity index (χ1n) is 11.2. The van der Waals surface area contributed by atoms with Crippen molar-refractivity contribution >= 4 is 5.91 Å². The number of nitrogens with zero attached hydrogens (tertiary/aromatic N) is 4.